The summed E-state index contributed by atoms with van der Waals surface area (Å²) < 4.78 is 65.3. The monoisotopic (exact) mass is 433 g/mol. The molecule has 3 nitrogen and oxygen atoms in total. The quantitative estimate of drug-likeness (QED) is 0.375. The summed E-state index contributed by atoms with van der Waals surface area (Å²) in [6, 6.07) is 19.0. The van der Waals surface area contributed by atoms with Gasteiger partial charge in [0.05, 0.1) is 19.8 Å². The van der Waals surface area contributed by atoms with Crippen molar-refractivity contribution in [3.8, 4) is 5.75 Å². The van der Waals surface area contributed by atoms with Gasteiger partial charge in [-0.3, -0.25) is 0 Å². The lowest BCUT2D eigenvalue weighted by Crippen LogP contribution is -2.25. The van der Waals surface area contributed by atoms with Crippen LogP contribution in [-0.2, 0) is 11.3 Å². The molecule has 1 unspecified atom stereocenters. The highest BCUT2D eigenvalue weighted by Gasteiger charge is 2.40. The van der Waals surface area contributed by atoms with E-state index in [1.54, 1.807) is 19.1 Å². The Morgan fingerprint density at radius 1 is 0.935 bits per heavy atom. The van der Waals surface area contributed by atoms with Crippen molar-refractivity contribution in [1.29, 1.82) is 0 Å². The number of rotatable bonds is 9. The first-order valence-electron chi connectivity index (χ1n) is 9.84. The molecule has 0 spiro atoms. The van der Waals surface area contributed by atoms with Crippen molar-refractivity contribution in [2.75, 3.05) is 18.5 Å². The lowest BCUT2D eigenvalue weighted by Gasteiger charge is -2.21. The van der Waals surface area contributed by atoms with Crippen LogP contribution in [-0.4, -0.2) is 19.4 Å². The molecular weight excluding hydrogens is 410 g/mol. The molecule has 0 saturated carbocycles. The Morgan fingerprint density at radius 3 is 2.29 bits per heavy atom. The lowest BCUT2D eigenvalue weighted by molar-refractivity contribution is -0.163. The van der Waals surface area contributed by atoms with Crippen LogP contribution in [0.5, 0.6) is 5.75 Å². The molecule has 0 aliphatic heterocycles. The molecule has 7 heteroatoms. The zero-order chi connectivity index (χ0) is 22.3. The minimum Gasteiger partial charge on any atom is -0.494 e. The summed E-state index contributed by atoms with van der Waals surface area (Å²) in [6.07, 6.45) is -4.47. The molecule has 0 amide bonds. The van der Waals surface area contributed by atoms with Crippen LogP contribution in [0.15, 0.2) is 72.8 Å². The van der Waals surface area contributed by atoms with Gasteiger partial charge < -0.3 is 14.8 Å². The van der Waals surface area contributed by atoms with Gasteiger partial charge >= 0.3 is 6.18 Å². The van der Waals surface area contributed by atoms with Gasteiger partial charge in [0.2, 0.25) is 0 Å². The van der Waals surface area contributed by atoms with E-state index in [9.17, 15) is 17.6 Å². The molecule has 3 aromatic rings. The van der Waals surface area contributed by atoms with Crippen LogP contribution in [0.1, 0.15) is 24.0 Å². The standard InChI is InChI=1S/C24H23F4NO2/c1-2-31-21-12-9-17(10-13-21)22(24(26,27)28)16-30-15-18-8-11-19(25)14-23(18)29-20-6-4-3-5-7-20/h3-14,22,29H,2,15-16H2,1H3. The SMILES string of the molecule is CCOc1ccc(C(COCc2ccc(F)cc2Nc2ccccc2)C(F)(F)F)cc1. The number of hydrogen-bond acceptors (Lipinski definition) is 3. The van der Waals surface area contributed by atoms with Crippen LogP contribution >= 0.6 is 0 Å². The van der Waals surface area contributed by atoms with Crippen molar-refractivity contribution in [3.63, 3.8) is 0 Å². The molecule has 0 aromatic heterocycles. The van der Waals surface area contributed by atoms with Gasteiger partial charge in [-0.2, -0.15) is 13.2 Å². The van der Waals surface area contributed by atoms with E-state index in [1.165, 1.54) is 42.5 Å². The average molecular weight is 433 g/mol. The second-order valence-electron chi connectivity index (χ2n) is 6.90. The lowest BCUT2D eigenvalue weighted by atomic mass is 9.99. The smallest absolute Gasteiger partial charge is 0.397 e. The molecule has 0 heterocycles. The minimum atomic E-state index is -4.47. The Balaban J connectivity index is 1.70. The maximum Gasteiger partial charge on any atom is 0.397 e. The molecule has 164 valence electrons. The number of para-hydroxylation sites is 1. The number of anilines is 2. The molecule has 1 atom stereocenters. The van der Waals surface area contributed by atoms with Gasteiger partial charge in [0.1, 0.15) is 17.5 Å². The van der Waals surface area contributed by atoms with Gasteiger partial charge in [0.25, 0.3) is 0 Å². The van der Waals surface area contributed by atoms with Crippen molar-refractivity contribution in [2.24, 2.45) is 0 Å². The third-order valence-corrected chi connectivity index (χ3v) is 4.66. The molecule has 0 fully saturated rings. The Kier molecular flexibility index (Phi) is 7.52. The van der Waals surface area contributed by atoms with Gasteiger partial charge in [0.15, 0.2) is 0 Å². The van der Waals surface area contributed by atoms with Crippen LogP contribution in [0, 0.1) is 5.82 Å². The zero-order valence-electron chi connectivity index (χ0n) is 17.0. The van der Waals surface area contributed by atoms with E-state index in [0.29, 0.717) is 23.6 Å². The molecule has 1 N–H and O–H groups in total. The highest BCUT2D eigenvalue weighted by Crippen LogP contribution is 2.36. The van der Waals surface area contributed by atoms with Gasteiger partial charge in [0, 0.05) is 16.9 Å². The van der Waals surface area contributed by atoms with Gasteiger partial charge in [-0.15, -0.1) is 0 Å². The Hall–Kier alpha value is -3.06. The number of nitrogens with one attached hydrogen (secondary N) is 1. The molecule has 0 radical (unpaired) electrons. The summed E-state index contributed by atoms with van der Waals surface area (Å²) in [5.41, 5.74) is 1.82. The van der Waals surface area contributed by atoms with Crippen LogP contribution < -0.4 is 10.1 Å². The van der Waals surface area contributed by atoms with E-state index < -0.39 is 24.5 Å². The summed E-state index contributed by atoms with van der Waals surface area (Å²) in [7, 11) is 0. The maximum atomic E-state index is 13.7. The third-order valence-electron chi connectivity index (χ3n) is 4.66. The Bertz CT molecular complexity index is 960. The van der Waals surface area contributed by atoms with Crippen LogP contribution in [0.3, 0.4) is 0 Å². The van der Waals surface area contributed by atoms with E-state index in [0.717, 1.165) is 5.69 Å². The second-order valence-corrected chi connectivity index (χ2v) is 6.90. The van der Waals surface area contributed by atoms with E-state index in [-0.39, 0.29) is 12.2 Å². The number of ether oxygens (including phenoxy) is 2. The molecule has 0 bridgehead atoms. The normalized spacial score (nSPS) is 12.4. The summed E-state index contributed by atoms with van der Waals surface area (Å²) in [5, 5.41) is 3.08. The predicted octanol–water partition coefficient (Wildman–Crippen LogP) is 6.83. The topological polar surface area (TPSA) is 30.5 Å². The Labute approximate surface area is 178 Å². The summed E-state index contributed by atoms with van der Waals surface area (Å²) in [4.78, 5) is 0. The average Bonchev–Trinajstić information content (AvgIpc) is 2.73. The second kappa shape index (κ2) is 10.3. The fourth-order valence-electron chi connectivity index (χ4n) is 3.10. The predicted molar refractivity (Wildman–Crippen MR) is 112 cm³/mol. The van der Waals surface area contributed by atoms with Crippen molar-refractivity contribution >= 4 is 11.4 Å². The molecule has 0 aliphatic carbocycles. The molecule has 3 aromatic carbocycles. The zero-order valence-corrected chi connectivity index (χ0v) is 17.0. The fraction of sp³-hybridized carbons (Fsp3) is 0.250. The number of halogens is 4. The van der Waals surface area contributed by atoms with Crippen molar-refractivity contribution in [1.82, 2.24) is 0 Å². The van der Waals surface area contributed by atoms with Crippen molar-refractivity contribution in [2.45, 2.75) is 25.6 Å². The molecule has 3 rings (SSSR count). The number of alkyl halides is 3. The van der Waals surface area contributed by atoms with E-state index in [2.05, 4.69) is 5.32 Å². The Morgan fingerprint density at radius 2 is 1.65 bits per heavy atom. The van der Waals surface area contributed by atoms with Crippen molar-refractivity contribution < 1.29 is 27.0 Å². The molecule has 0 aliphatic rings. The van der Waals surface area contributed by atoms with Gasteiger partial charge in [-0.05, 0) is 48.9 Å². The summed E-state index contributed by atoms with van der Waals surface area (Å²) in [6.45, 7) is 1.58. The highest BCUT2D eigenvalue weighted by atomic mass is 19.4. The number of benzene rings is 3. The van der Waals surface area contributed by atoms with Crippen LogP contribution in [0.2, 0.25) is 0 Å². The first-order chi connectivity index (χ1) is 14.9. The van der Waals surface area contributed by atoms with Gasteiger partial charge in [-0.25, -0.2) is 4.39 Å². The van der Waals surface area contributed by atoms with Crippen LogP contribution in [0.25, 0.3) is 0 Å². The van der Waals surface area contributed by atoms with E-state index in [1.807, 2.05) is 18.2 Å². The highest BCUT2D eigenvalue weighted by molar-refractivity contribution is 5.63. The summed E-state index contributed by atoms with van der Waals surface area (Å²) >= 11 is 0. The van der Waals surface area contributed by atoms with Gasteiger partial charge in [-0.1, -0.05) is 36.4 Å². The largest absolute Gasteiger partial charge is 0.494 e. The third kappa shape index (κ3) is 6.46. The van der Waals surface area contributed by atoms with E-state index in [4.69, 9.17) is 9.47 Å². The molecule has 31 heavy (non-hydrogen) atoms. The number of hydrogen-bond donors (Lipinski definition) is 1. The van der Waals surface area contributed by atoms with Crippen LogP contribution in [0.4, 0.5) is 28.9 Å². The van der Waals surface area contributed by atoms with E-state index >= 15 is 0 Å². The minimum absolute atomic E-state index is 0.0951. The fourth-order valence-corrected chi connectivity index (χ4v) is 3.10. The maximum absolute atomic E-state index is 13.7. The first kappa shape index (κ1) is 22.6. The molecular formula is C24H23F4NO2. The first-order valence-corrected chi connectivity index (χ1v) is 9.84. The molecule has 0 saturated heterocycles. The summed E-state index contributed by atoms with van der Waals surface area (Å²) in [5.74, 6) is -1.73. The van der Waals surface area contributed by atoms with Crippen molar-refractivity contribution in [3.05, 3.63) is 89.7 Å².